The Morgan fingerprint density at radius 3 is 2.08 bits per heavy atom. The molecule has 3 heterocycles. The molecule has 4 fully saturated rings. The zero-order chi connectivity index (χ0) is 27.2. The van der Waals surface area contributed by atoms with Gasteiger partial charge in [0.2, 0.25) is 0 Å². The number of hydrogen-bond donors (Lipinski definition) is 11. The van der Waals surface area contributed by atoms with Crippen molar-refractivity contribution in [1.82, 2.24) is 5.32 Å². The molecular weight excluding hydrogens is 498 g/mol. The third kappa shape index (κ3) is 5.66. The summed E-state index contributed by atoms with van der Waals surface area (Å²) >= 11 is 0. The number of rotatable bonds is 6. The molecule has 4 aliphatic rings. The standard InChI is InChI=1S/C21H41N5O11/c1-26-11-14(30)18-8(33-20(11)37-21-16(32)13(29)10(25)9(4-27)34-21)3-7(24)19(36-18)35-17-6(23)2-5(22)12(28)15(17)31/h5-21,26-32H,2-4,22-25H2,1H3/t5-,6+,7-,8?,9-,10-,11+,12+,13+,14-,15-,16-,17?,18?,19+,20-,21-/m1/s1. The Bertz CT molecular complexity index is 756. The van der Waals surface area contributed by atoms with Crippen molar-refractivity contribution in [2.24, 2.45) is 22.9 Å². The fourth-order valence-electron chi connectivity index (χ4n) is 5.46. The highest BCUT2D eigenvalue weighted by Gasteiger charge is 2.54. The molecular formula is C21H41N5O11. The van der Waals surface area contributed by atoms with E-state index >= 15 is 0 Å². The molecule has 1 aliphatic carbocycles. The summed E-state index contributed by atoms with van der Waals surface area (Å²) in [6, 6.07) is -4.05. The number of aliphatic hydroxyl groups excluding tert-OH is 6. The lowest BCUT2D eigenvalue weighted by atomic mass is 9.84. The van der Waals surface area contributed by atoms with Crippen molar-refractivity contribution >= 4 is 0 Å². The van der Waals surface area contributed by atoms with Gasteiger partial charge < -0.3 is 82.6 Å². The summed E-state index contributed by atoms with van der Waals surface area (Å²) < 4.78 is 29.2. The summed E-state index contributed by atoms with van der Waals surface area (Å²) in [6.45, 7) is -0.508. The Labute approximate surface area is 213 Å². The molecule has 16 heteroatoms. The van der Waals surface area contributed by atoms with Crippen LogP contribution in [0.1, 0.15) is 12.8 Å². The zero-order valence-electron chi connectivity index (χ0n) is 20.5. The van der Waals surface area contributed by atoms with E-state index in [2.05, 4.69) is 5.32 Å². The van der Waals surface area contributed by atoms with Gasteiger partial charge in [0.15, 0.2) is 18.9 Å². The Kier molecular flexibility index (Phi) is 9.40. The van der Waals surface area contributed by atoms with Crippen LogP contribution in [-0.2, 0) is 23.7 Å². The van der Waals surface area contributed by atoms with Crippen molar-refractivity contribution in [1.29, 1.82) is 0 Å². The highest BCUT2D eigenvalue weighted by molar-refractivity contribution is 5.01. The van der Waals surface area contributed by atoms with Crippen LogP contribution in [-0.4, -0.2) is 148 Å². The quantitative estimate of drug-likeness (QED) is 0.149. The molecule has 0 bridgehead atoms. The maximum Gasteiger partial charge on any atom is 0.189 e. The minimum absolute atomic E-state index is 0.156. The van der Waals surface area contributed by atoms with Gasteiger partial charge in [0.25, 0.3) is 0 Å². The molecule has 216 valence electrons. The van der Waals surface area contributed by atoms with Gasteiger partial charge in [0.1, 0.15) is 42.7 Å². The lowest BCUT2D eigenvalue weighted by molar-refractivity contribution is -0.373. The average Bonchev–Trinajstić information content (AvgIpc) is 2.86. The van der Waals surface area contributed by atoms with Crippen molar-refractivity contribution in [3.8, 4) is 0 Å². The van der Waals surface area contributed by atoms with Crippen LogP contribution in [0, 0.1) is 0 Å². The SMILES string of the molecule is CN[C@@H]1[C@@H](O[C@H]2O[C@H](CO)[C@@H](N)[C@H](O)[C@H]2O)OC2C[C@@H](N)[C@@H](OC3[C@@H](N)C[C@@H](N)[C@H](O)[C@H]3O)OC2[C@@H]1O. The van der Waals surface area contributed by atoms with Crippen LogP contribution >= 0.6 is 0 Å². The van der Waals surface area contributed by atoms with Crippen molar-refractivity contribution in [3.63, 3.8) is 0 Å². The molecule has 1 saturated carbocycles. The molecule has 17 atom stereocenters. The van der Waals surface area contributed by atoms with E-state index in [-0.39, 0.29) is 12.8 Å². The summed E-state index contributed by atoms with van der Waals surface area (Å²) in [5.74, 6) is 0. The number of likely N-dealkylation sites (N-methyl/N-ethyl adjacent to an activating group) is 1. The van der Waals surface area contributed by atoms with Crippen molar-refractivity contribution in [2.45, 2.75) is 117 Å². The highest BCUT2D eigenvalue weighted by atomic mass is 16.8. The molecule has 16 nitrogen and oxygen atoms in total. The maximum atomic E-state index is 11.1. The summed E-state index contributed by atoms with van der Waals surface area (Å²) in [5.41, 5.74) is 24.0. The Balaban J connectivity index is 1.43. The third-order valence-corrected chi connectivity index (χ3v) is 7.74. The van der Waals surface area contributed by atoms with Crippen molar-refractivity contribution < 1.29 is 54.3 Å². The van der Waals surface area contributed by atoms with E-state index in [4.69, 9.17) is 46.6 Å². The van der Waals surface area contributed by atoms with Crippen LogP contribution in [0.2, 0.25) is 0 Å². The second-order valence-corrected chi connectivity index (χ2v) is 10.3. The number of nitrogens with one attached hydrogen (secondary N) is 1. The van der Waals surface area contributed by atoms with E-state index in [1.165, 1.54) is 0 Å². The molecule has 37 heavy (non-hydrogen) atoms. The van der Waals surface area contributed by atoms with Crippen LogP contribution in [0.3, 0.4) is 0 Å². The number of ether oxygens (including phenoxy) is 5. The second kappa shape index (κ2) is 11.8. The number of fused-ring (bicyclic) bond motifs is 1. The largest absolute Gasteiger partial charge is 0.394 e. The second-order valence-electron chi connectivity index (χ2n) is 10.3. The van der Waals surface area contributed by atoms with Gasteiger partial charge in [-0.2, -0.15) is 0 Å². The minimum Gasteiger partial charge on any atom is -0.394 e. The summed E-state index contributed by atoms with van der Waals surface area (Å²) in [5, 5.41) is 64.7. The smallest absolute Gasteiger partial charge is 0.189 e. The Morgan fingerprint density at radius 1 is 0.730 bits per heavy atom. The molecule has 0 radical (unpaired) electrons. The van der Waals surface area contributed by atoms with Crippen LogP contribution in [0.5, 0.6) is 0 Å². The molecule has 15 N–H and O–H groups in total. The van der Waals surface area contributed by atoms with Gasteiger partial charge in [-0.05, 0) is 19.9 Å². The van der Waals surface area contributed by atoms with Gasteiger partial charge in [0.05, 0.1) is 36.9 Å². The zero-order valence-corrected chi connectivity index (χ0v) is 20.5. The first-order valence-corrected chi connectivity index (χ1v) is 12.5. The number of nitrogens with two attached hydrogens (primary N) is 4. The van der Waals surface area contributed by atoms with E-state index in [0.29, 0.717) is 0 Å². The van der Waals surface area contributed by atoms with Gasteiger partial charge in [0, 0.05) is 12.1 Å². The maximum absolute atomic E-state index is 11.1. The van der Waals surface area contributed by atoms with E-state index in [1.807, 2.05) is 0 Å². The summed E-state index contributed by atoms with van der Waals surface area (Å²) in [7, 11) is 1.55. The molecule has 0 aromatic heterocycles. The van der Waals surface area contributed by atoms with Gasteiger partial charge >= 0.3 is 0 Å². The van der Waals surface area contributed by atoms with Gasteiger partial charge in [-0.25, -0.2) is 0 Å². The van der Waals surface area contributed by atoms with E-state index in [1.54, 1.807) is 7.05 Å². The monoisotopic (exact) mass is 539 g/mol. The first kappa shape index (κ1) is 29.3. The molecule has 3 aliphatic heterocycles. The van der Waals surface area contributed by atoms with E-state index < -0.39 is 111 Å². The first-order chi connectivity index (χ1) is 17.5. The molecule has 3 unspecified atom stereocenters. The van der Waals surface area contributed by atoms with Crippen LogP contribution in [0.4, 0.5) is 0 Å². The van der Waals surface area contributed by atoms with E-state index in [9.17, 15) is 30.6 Å². The van der Waals surface area contributed by atoms with Gasteiger partial charge in [-0.1, -0.05) is 0 Å². The fourth-order valence-corrected chi connectivity index (χ4v) is 5.46. The highest BCUT2D eigenvalue weighted by Crippen LogP contribution is 2.35. The molecule has 0 amide bonds. The molecule has 3 saturated heterocycles. The lowest BCUT2D eigenvalue weighted by Gasteiger charge is -2.51. The fraction of sp³-hybridized carbons (Fsp3) is 1.00. The molecule has 4 rings (SSSR count). The van der Waals surface area contributed by atoms with Crippen molar-refractivity contribution in [3.05, 3.63) is 0 Å². The van der Waals surface area contributed by atoms with Crippen LogP contribution in [0.25, 0.3) is 0 Å². The Morgan fingerprint density at radius 2 is 1.43 bits per heavy atom. The van der Waals surface area contributed by atoms with Gasteiger partial charge in [-0.15, -0.1) is 0 Å². The molecule has 0 spiro atoms. The number of aliphatic hydroxyl groups is 6. The minimum atomic E-state index is -1.54. The topological polar surface area (TPSA) is 284 Å². The lowest BCUT2D eigenvalue weighted by Crippen LogP contribution is -2.70. The molecule has 0 aromatic carbocycles. The van der Waals surface area contributed by atoms with E-state index in [0.717, 1.165) is 0 Å². The van der Waals surface area contributed by atoms with Gasteiger partial charge in [-0.3, -0.25) is 0 Å². The summed E-state index contributed by atoms with van der Waals surface area (Å²) in [4.78, 5) is 0. The Hall–Kier alpha value is -0.640. The third-order valence-electron chi connectivity index (χ3n) is 7.74. The first-order valence-electron chi connectivity index (χ1n) is 12.5. The molecule has 0 aromatic rings. The van der Waals surface area contributed by atoms with Crippen molar-refractivity contribution in [2.75, 3.05) is 13.7 Å². The predicted octanol–water partition coefficient (Wildman–Crippen LogP) is -6.95. The van der Waals surface area contributed by atoms with Crippen LogP contribution < -0.4 is 28.3 Å². The van der Waals surface area contributed by atoms with Crippen LogP contribution in [0.15, 0.2) is 0 Å². The summed E-state index contributed by atoms with van der Waals surface area (Å²) in [6.07, 6.45) is -13.7. The normalized spacial score (nSPS) is 55.1. The average molecular weight is 540 g/mol. The number of hydrogen-bond acceptors (Lipinski definition) is 16. The predicted molar refractivity (Wildman–Crippen MR) is 123 cm³/mol.